The van der Waals surface area contributed by atoms with E-state index in [-0.39, 0.29) is 11.7 Å². The number of likely N-dealkylation sites (N-methyl/N-ethyl adjacent to an activating group) is 1. The van der Waals surface area contributed by atoms with Gasteiger partial charge in [0.15, 0.2) is 5.79 Å². The number of rotatable bonds is 6. The minimum Gasteiger partial charge on any atom is -0.374 e. The number of ether oxygens (including phenoxy) is 4. The van der Waals surface area contributed by atoms with E-state index in [2.05, 4.69) is 33.0 Å². The van der Waals surface area contributed by atoms with E-state index in [0.717, 1.165) is 25.8 Å². The second-order valence-corrected chi connectivity index (χ2v) is 6.88. The molecule has 1 spiro atoms. The zero-order valence-electron chi connectivity index (χ0n) is 13.9. The third-order valence-corrected chi connectivity index (χ3v) is 4.03. The first-order valence-corrected chi connectivity index (χ1v) is 8.21. The van der Waals surface area contributed by atoms with Crippen molar-refractivity contribution in [3.63, 3.8) is 0 Å². The number of hydrogen-bond donors (Lipinski definition) is 1. The summed E-state index contributed by atoms with van der Waals surface area (Å²) < 4.78 is 23.5. The van der Waals surface area contributed by atoms with E-state index in [4.69, 9.17) is 18.9 Å². The quantitative estimate of drug-likeness (QED) is 0.761. The Morgan fingerprint density at radius 1 is 1.19 bits per heavy atom. The molecule has 0 aromatic carbocycles. The van der Waals surface area contributed by atoms with E-state index in [0.29, 0.717) is 32.5 Å². The van der Waals surface area contributed by atoms with Crippen molar-refractivity contribution in [3.05, 3.63) is 0 Å². The summed E-state index contributed by atoms with van der Waals surface area (Å²) in [7, 11) is 0. The lowest BCUT2D eigenvalue weighted by atomic mass is 9.87. The zero-order valence-corrected chi connectivity index (χ0v) is 13.9. The van der Waals surface area contributed by atoms with Gasteiger partial charge in [-0.2, -0.15) is 0 Å². The summed E-state index contributed by atoms with van der Waals surface area (Å²) in [6.07, 6.45) is 2.90. The molecule has 0 bridgehead atoms. The molecular weight excluding hydrogens is 270 g/mol. The summed E-state index contributed by atoms with van der Waals surface area (Å²) in [5.74, 6) is -0.401. The molecule has 2 aliphatic rings. The molecule has 1 N–H and O–H groups in total. The van der Waals surface area contributed by atoms with Crippen molar-refractivity contribution in [2.24, 2.45) is 0 Å². The van der Waals surface area contributed by atoms with Crippen molar-refractivity contribution in [1.82, 2.24) is 5.32 Å². The molecule has 2 atom stereocenters. The van der Waals surface area contributed by atoms with Gasteiger partial charge >= 0.3 is 0 Å². The van der Waals surface area contributed by atoms with Gasteiger partial charge in [0.1, 0.15) is 0 Å². The van der Waals surface area contributed by atoms with E-state index in [9.17, 15) is 0 Å². The van der Waals surface area contributed by atoms with Crippen molar-refractivity contribution >= 4 is 0 Å². The fourth-order valence-electron chi connectivity index (χ4n) is 3.09. The highest BCUT2D eigenvalue weighted by molar-refractivity contribution is 4.92. The van der Waals surface area contributed by atoms with Crippen molar-refractivity contribution < 1.29 is 18.9 Å². The van der Waals surface area contributed by atoms with Gasteiger partial charge in [0, 0.05) is 18.9 Å². The fraction of sp³-hybridized carbons (Fsp3) is 1.00. The summed E-state index contributed by atoms with van der Waals surface area (Å²) in [4.78, 5) is 0. The Labute approximate surface area is 128 Å². The number of nitrogens with one attached hydrogen (secondary N) is 1. The SMILES string of the molecule is CCNC1CCC2(CC1OCCOC(C)(C)C)OCCO2. The van der Waals surface area contributed by atoms with E-state index in [1.807, 2.05) is 0 Å². The Bertz CT molecular complexity index is 310. The van der Waals surface area contributed by atoms with Crippen LogP contribution in [-0.2, 0) is 18.9 Å². The highest BCUT2D eigenvalue weighted by Gasteiger charge is 2.45. The first kappa shape index (κ1) is 17.2. The van der Waals surface area contributed by atoms with Crippen LogP contribution < -0.4 is 5.32 Å². The second kappa shape index (κ2) is 7.38. The molecule has 2 fully saturated rings. The summed E-state index contributed by atoms with van der Waals surface area (Å²) in [5.41, 5.74) is -0.115. The molecule has 0 radical (unpaired) electrons. The molecule has 2 rings (SSSR count). The smallest absolute Gasteiger partial charge is 0.171 e. The lowest BCUT2D eigenvalue weighted by Gasteiger charge is -2.41. The van der Waals surface area contributed by atoms with Crippen LogP contribution in [0.15, 0.2) is 0 Å². The maximum absolute atomic E-state index is 6.08. The van der Waals surface area contributed by atoms with Gasteiger partial charge < -0.3 is 24.3 Å². The largest absolute Gasteiger partial charge is 0.374 e. The van der Waals surface area contributed by atoms with Gasteiger partial charge in [0.2, 0.25) is 0 Å². The maximum atomic E-state index is 6.08. The van der Waals surface area contributed by atoms with Crippen LogP contribution in [0.5, 0.6) is 0 Å². The van der Waals surface area contributed by atoms with Crippen molar-refractivity contribution in [3.8, 4) is 0 Å². The van der Waals surface area contributed by atoms with Gasteiger partial charge in [-0.15, -0.1) is 0 Å². The van der Waals surface area contributed by atoms with Gasteiger partial charge in [0.25, 0.3) is 0 Å². The van der Waals surface area contributed by atoms with Gasteiger partial charge in [-0.3, -0.25) is 0 Å². The molecule has 1 saturated heterocycles. The van der Waals surface area contributed by atoms with Crippen molar-refractivity contribution in [2.75, 3.05) is 33.0 Å². The normalized spacial score (nSPS) is 29.1. The Hall–Kier alpha value is -0.200. The molecule has 5 heteroatoms. The molecule has 1 heterocycles. The second-order valence-electron chi connectivity index (χ2n) is 6.88. The van der Waals surface area contributed by atoms with Crippen LogP contribution in [-0.4, -0.2) is 56.5 Å². The van der Waals surface area contributed by atoms with Crippen LogP contribution in [0.4, 0.5) is 0 Å². The molecule has 5 nitrogen and oxygen atoms in total. The highest BCUT2D eigenvalue weighted by atomic mass is 16.7. The van der Waals surface area contributed by atoms with E-state index in [1.165, 1.54) is 0 Å². The Balaban J connectivity index is 1.82. The average molecular weight is 301 g/mol. The Kier molecular flexibility index (Phi) is 6.03. The van der Waals surface area contributed by atoms with Crippen LogP contribution in [0.1, 0.15) is 47.0 Å². The van der Waals surface area contributed by atoms with Crippen molar-refractivity contribution in [2.45, 2.75) is 70.5 Å². The van der Waals surface area contributed by atoms with E-state index >= 15 is 0 Å². The van der Waals surface area contributed by atoms with Crippen LogP contribution >= 0.6 is 0 Å². The van der Waals surface area contributed by atoms with Crippen LogP contribution in [0.3, 0.4) is 0 Å². The van der Waals surface area contributed by atoms with E-state index in [1.54, 1.807) is 0 Å². The minimum atomic E-state index is -0.401. The third kappa shape index (κ3) is 5.18. The highest BCUT2D eigenvalue weighted by Crippen LogP contribution is 2.37. The molecule has 0 aromatic rings. The van der Waals surface area contributed by atoms with Gasteiger partial charge in [-0.1, -0.05) is 6.92 Å². The molecule has 21 heavy (non-hydrogen) atoms. The van der Waals surface area contributed by atoms with Crippen molar-refractivity contribution in [1.29, 1.82) is 0 Å². The van der Waals surface area contributed by atoms with Crippen LogP contribution in [0.25, 0.3) is 0 Å². The lowest BCUT2D eigenvalue weighted by molar-refractivity contribution is -0.209. The predicted octanol–water partition coefficient (Wildman–Crippen LogP) is 2.09. The van der Waals surface area contributed by atoms with Crippen LogP contribution in [0.2, 0.25) is 0 Å². The van der Waals surface area contributed by atoms with Crippen LogP contribution in [0, 0.1) is 0 Å². The van der Waals surface area contributed by atoms with Gasteiger partial charge in [-0.25, -0.2) is 0 Å². The Morgan fingerprint density at radius 3 is 2.52 bits per heavy atom. The lowest BCUT2D eigenvalue weighted by Crippen LogP contribution is -2.52. The predicted molar refractivity (Wildman–Crippen MR) is 81.4 cm³/mol. The van der Waals surface area contributed by atoms with E-state index < -0.39 is 5.79 Å². The summed E-state index contributed by atoms with van der Waals surface area (Å²) >= 11 is 0. The summed E-state index contributed by atoms with van der Waals surface area (Å²) in [5, 5.41) is 3.52. The molecular formula is C16H31NO4. The zero-order chi connectivity index (χ0) is 15.3. The van der Waals surface area contributed by atoms with Gasteiger partial charge in [0.05, 0.1) is 38.1 Å². The topological polar surface area (TPSA) is 49.0 Å². The van der Waals surface area contributed by atoms with Gasteiger partial charge in [-0.05, 0) is 33.7 Å². The maximum Gasteiger partial charge on any atom is 0.171 e. The monoisotopic (exact) mass is 301 g/mol. The summed E-state index contributed by atoms with van der Waals surface area (Å²) in [6, 6.07) is 0.378. The summed E-state index contributed by atoms with van der Waals surface area (Å²) in [6.45, 7) is 11.9. The molecule has 2 unspecified atom stereocenters. The number of hydrogen-bond acceptors (Lipinski definition) is 5. The first-order chi connectivity index (χ1) is 9.94. The molecule has 1 aliphatic carbocycles. The fourth-order valence-corrected chi connectivity index (χ4v) is 3.09. The molecule has 124 valence electrons. The average Bonchev–Trinajstić information content (AvgIpc) is 2.85. The standard InChI is InChI=1S/C16H31NO4/c1-5-17-13-6-7-16(20-10-11-21-16)12-14(13)18-8-9-19-15(2,3)4/h13-14,17H,5-12H2,1-4H3. The molecule has 1 saturated carbocycles. The molecule has 0 aromatic heterocycles. The minimum absolute atomic E-state index is 0.115. The molecule has 1 aliphatic heterocycles. The first-order valence-electron chi connectivity index (χ1n) is 8.21. The molecule has 0 amide bonds. The Morgan fingerprint density at radius 2 is 1.90 bits per heavy atom. The third-order valence-electron chi connectivity index (χ3n) is 4.03.